The highest BCUT2D eigenvalue weighted by atomic mass is 79.9. The fourth-order valence-electron chi connectivity index (χ4n) is 4.08. The molecule has 0 saturated carbocycles. The number of carbonyl (C=O) groups excluding carboxylic acids is 1. The van der Waals surface area contributed by atoms with Crippen LogP contribution in [0.2, 0.25) is 0 Å². The van der Waals surface area contributed by atoms with Crippen molar-refractivity contribution >= 4 is 21.7 Å². The molecule has 0 aromatic heterocycles. The summed E-state index contributed by atoms with van der Waals surface area (Å²) in [5.41, 5.74) is 1.85. The van der Waals surface area contributed by atoms with Crippen LogP contribution in [0.4, 0.5) is 0 Å². The lowest BCUT2D eigenvalue weighted by Crippen LogP contribution is -2.36. The van der Waals surface area contributed by atoms with Crippen LogP contribution in [0.5, 0.6) is 23.0 Å². The normalized spacial score (nSPS) is 16.9. The molecule has 1 saturated heterocycles. The van der Waals surface area contributed by atoms with E-state index in [0.717, 1.165) is 42.5 Å². The number of benzene rings is 2. The smallest absolute Gasteiger partial charge is 0.175 e. The number of fused-ring (bicyclic) bond motifs is 1. The predicted molar refractivity (Wildman–Crippen MR) is 117 cm³/mol. The van der Waals surface area contributed by atoms with Crippen LogP contribution in [0.25, 0.3) is 0 Å². The summed E-state index contributed by atoms with van der Waals surface area (Å²) in [4.78, 5) is 15.4. The van der Waals surface area contributed by atoms with Gasteiger partial charge >= 0.3 is 0 Å². The molecule has 0 amide bonds. The van der Waals surface area contributed by atoms with Crippen LogP contribution < -0.4 is 18.9 Å². The molecule has 4 rings (SSSR count). The monoisotopic (exact) mass is 475 g/mol. The van der Waals surface area contributed by atoms with Gasteiger partial charge in [-0.15, -0.1) is 0 Å². The molecule has 30 heavy (non-hydrogen) atoms. The van der Waals surface area contributed by atoms with Crippen molar-refractivity contribution in [2.24, 2.45) is 5.92 Å². The molecule has 2 aromatic carbocycles. The van der Waals surface area contributed by atoms with Gasteiger partial charge in [-0.05, 0) is 71.7 Å². The molecule has 6 nitrogen and oxygen atoms in total. The summed E-state index contributed by atoms with van der Waals surface area (Å²) in [6.07, 6.45) is 1.69. The van der Waals surface area contributed by atoms with Gasteiger partial charge in [-0.2, -0.15) is 0 Å². The van der Waals surface area contributed by atoms with Crippen LogP contribution in [0, 0.1) is 5.92 Å². The molecule has 2 aliphatic rings. The maximum Gasteiger partial charge on any atom is 0.175 e. The van der Waals surface area contributed by atoms with E-state index < -0.39 is 0 Å². The Kier molecular flexibility index (Phi) is 6.49. The van der Waals surface area contributed by atoms with E-state index in [1.165, 1.54) is 0 Å². The SMILES string of the molecule is COc1ccc(CN2CCC(C(=O)c3ccc4c(c3)OCCO4)CC2)c(Br)c1OC. The van der Waals surface area contributed by atoms with Gasteiger partial charge in [0.2, 0.25) is 0 Å². The van der Waals surface area contributed by atoms with Crippen LogP contribution in [0.3, 0.4) is 0 Å². The second-order valence-corrected chi connectivity index (χ2v) is 8.34. The van der Waals surface area contributed by atoms with Gasteiger partial charge in [0.25, 0.3) is 0 Å². The molecular formula is C23H26BrNO5. The summed E-state index contributed by atoms with van der Waals surface area (Å²) in [6.45, 7) is 3.62. The topological polar surface area (TPSA) is 57.2 Å². The highest BCUT2D eigenvalue weighted by Crippen LogP contribution is 2.38. The molecule has 7 heteroatoms. The Morgan fingerprint density at radius 3 is 2.50 bits per heavy atom. The van der Waals surface area contributed by atoms with Gasteiger partial charge in [0, 0.05) is 18.0 Å². The second kappa shape index (κ2) is 9.27. The van der Waals surface area contributed by atoms with E-state index in [4.69, 9.17) is 18.9 Å². The Bertz CT molecular complexity index is 924. The lowest BCUT2D eigenvalue weighted by Gasteiger charge is -2.32. The molecule has 0 spiro atoms. The van der Waals surface area contributed by atoms with Gasteiger partial charge in [0.05, 0.1) is 18.7 Å². The maximum absolute atomic E-state index is 13.0. The third-order valence-corrected chi connectivity index (χ3v) is 6.61. The van der Waals surface area contributed by atoms with Crippen LogP contribution in [-0.4, -0.2) is 51.2 Å². The molecular weight excluding hydrogens is 450 g/mol. The maximum atomic E-state index is 13.0. The van der Waals surface area contributed by atoms with Crippen molar-refractivity contribution in [1.29, 1.82) is 0 Å². The van der Waals surface area contributed by atoms with Crippen LogP contribution in [-0.2, 0) is 6.54 Å². The van der Waals surface area contributed by atoms with Gasteiger partial charge in [-0.25, -0.2) is 0 Å². The number of nitrogens with zero attached hydrogens (tertiary/aromatic N) is 1. The first-order valence-corrected chi connectivity index (χ1v) is 11.0. The third kappa shape index (κ3) is 4.27. The molecule has 0 aliphatic carbocycles. The van der Waals surface area contributed by atoms with Gasteiger partial charge in [-0.1, -0.05) is 6.07 Å². The standard InChI is InChI=1S/C23H26BrNO5/c1-27-19-6-4-17(21(24)23(19)28-2)14-25-9-7-15(8-10-25)22(26)16-3-5-18-20(13-16)30-12-11-29-18/h3-6,13,15H,7-12,14H2,1-2H3. The number of carbonyl (C=O) groups is 1. The number of piperidine rings is 1. The first-order chi connectivity index (χ1) is 14.6. The third-order valence-electron chi connectivity index (χ3n) is 5.74. The Morgan fingerprint density at radius 2 is 1.80 bits per heavy atom. The van der Waals surface area contributed by atoms with Gasteiger partial charge < -0.3 is 18.9 Å². The van der Waals surface area contributed by atoms with Crippen LogP contribution >= 0.6 is 15.9 Å². The van der Waals surface area contributed by atoms with Crippen LogP contribution in [0.1, 0.15) is 28.8 Å². The summed E-state index contributed by atoms with van der Waals surface area (Å²) in [5, 5.41) is 0. The molecule has 160 valence electrons. The molecule has 1 fully saturated rings. The summed E-state index contributed by atoms with van der Waals surface area (Å²) in [6, 6.07) is 9.49. The van der Waals surface area contributed by atoms with Gasteiger partial charge in [-0.3, -0.25) is 9.69 Å². The molecule has 0 unspecified atom stereocenters. The summed E-state index contributed by atoms with van der Waals surface area (Å²) < 4.78 is 22.9. The van der Waals surface area contributed by atoms with Crippen molar-refractivity contribution in [2.45, 2.75) is 19.4 Å². The van der Waals surface area contributed by atoms with E-state index >= 15 is 0 Å². The van der Waals surface area contributed by atoms with Crippen LogP contribution in [0.15, 0.2) is 34.8 Å². The first-order valence-electron chi connectivity index (χ1n) is 10.2. The van der Waals surface area contributed by atoms with Crippen molar-refractivity contribution < 1.29 is 23.7 Å². The lowest BCUT2D eigenvalue weighted by atomic mass is 9.88. The van der Waals surface area contributed by atoms with Gasteiger partial charge in [0.1, 0.15) is 13.2 Å². The Labute approximate surface area is 185 Å². The van der Waals surface area contributed by atoms with Crippen molar-refractivity contribution in [2.75, 3.05) is 40.5 Å². The molecule has 0 radical (unpaired) electrons. The fraction of sp³-hybridized carbons (Fsp3) is 0.435. The molecule has 0 bridgehead atoms. The number of ether oxygens (including phenoxy) is 4. The van der Waals surface area contributed by atoms with E-state index in [0.29, 0.717) is 41.8 Å². The lowest BCUT2D eigenvalue weighted by molar-refractivity contribution is 0.0833. The number of ketones is 1. The number of hydrogen-bond acceptors (Lipinski definition) is 6. The largest absolute Gasteiger partial charge is 0.493 e. The van der Waals surface area contributed by atoms with E-state index in [1.807, 2.05) is 24.3 Å². The number of hydrogen-bond donors (Lipinski definition) is 0. The number of Topliss-reactive ketones (excluding diaryl/α,β-unsaturated/α-hetero) is 1. The number of halogens is 1. The number of methoxy groups -OCH3 is 2. The summed E-state index contributed by atoms with van der Waals surface area (Å²) in [7, 11) is 3.27. The van der Waals surface area contributed by atoms with Gasteiger partial charge in [0.15, 0.2) is 28.8 Å². The summed E-state index contributed by atoms with van der Waals surface area (Å²) >= 11 is 3.65. The summed E-state index contributed by atoms with van der Waals surface area (Å²) in [5.74, 6) is 3.03. The second-order valence-electron chi connectivity index (χ2n) is 7.55. The van der Waals surface area contributed by atoms with E-state index in [-0.39, 0.29) is 11.7 Å². The Balaban J connectivity index is 1.38. The van der Waals surface area contributed by atoms with E-state index in [1.54, 1.807) is 14.2 Å². The Hall–Kier alpha value is -2.25. The number of rotatable bonds is 6. The minimum Gasteiger partial charge on any atom is -0.493 e. The van der Waals surface area contributed by atoms with Crippen molar-refractivity contribution in [1.82, 2.24) is 4.90 Å². The predicted octanol–water partition coefficient (Wildman–Crippen LogP) is 4.33. The minimum absolute atomic E-state index is 0.0395. The van der Waals surface area contributed by atoms with Crippen molar-refractivity contribution in [3.63, 3.8) is 0 Å². The first kappa shape index (κ1) is 21.0. The van der Waals surface area contributed by atoms with Crippen molar-refractivity contribution in [3.8, 4) is 23.0 Å². The molecule has 2 heterocycles. The highest BCUT2D eigenvalue weighted by Gasteiger charge is 2.27. The Morgan fingerprint density at radius 1 is 1.07 bits per heavy atom. The number of likely N-dealkylation sites (tertiary alicyclic amines) is 1. The zero-order valence-electron chi connectivity index (χ0n) is 17.3. The fourth-order valence-corrected chi connectivity index (χ4v) is 4.69. The average Bonchev–Trinajstić information content (AvgIpc) is 2.80. The molecule has 0 atom stereocenters. The quantitative estimate of drug-likeness (QED) is 0.579. The molecule has 0 N–H and O–H groups in total. The highest BCUT2D eigenvalue weighted by molar-refractivity contribution is 9.10. The zero-order valence-corrected chi connectivity index (χ0v) is 18.9. The van der Waals surface area contributed by atoms with E-state index in [2.05, 4.69) is 26.9 Å². The zero-order chi connectivity index (χ0) is 21.1. The molecule has 2 aliphatic heterocycles. The minimum atomic E-state index is 0.0395. The van der Waals surface area contributed by atoms with Crippen molar-refractivity contribution in [3.05, 3.63) is 45.9 Å². The molecule has 2 aromatic rings. The van der Waals surface area contributed by atoms with E-state index in [9.17, 15) is 4.79 Å². The average molecular weight is 476 g/mol.